The van der Waals surface area contributed by atoms with Gasteiger partial charge in [-0.05, 0) is 25.0 Å². The van der Waals surface area contributed by atoms with Crippen LogP contribution in [0.2, 0.25) is 0 Å². The molecule has 2 aliphatic rings. The highest BCUT2D eigenvalue weighted by molar-refractivity contribution is 5.49. The molecule has 3 rings (SSSR count). The highest BCUT2D eigenvalue weighted by Gasteiger charge is 2.40. The maximum atomic E-state index is 10.6. The lowest BCUT2D eigenvalue weighted by molar-refractivity contribution is -0.384. The molecular weight excluding hydrogens is 260 g/mol. The smallest absolute Gasteiger partial charge is 0.269 e. The van der Waals surface area contributed by atoms with Gasteiger partial charge in [0.15, 0.2) is 5.79 Å². The van der Waals surface area contributed by atoms with E-state index >= 15 is 0 Å². The maximum Gasteiger partial charge on any atom is 0.269 e. The van der Waals surface area contributed by atoms with Gasteiger partial charge in [0.2, 0.25) is 0 Å². The fourth-order valence-corrected chi connectivity index (χ4v) is 2.90. The summed E-state index contributed by atoms with van der Waals surface area (Å²) in [6, 6.07) is 6.93. The molecule has 0 atom stereocenters. The van der Waals surface area contributed by atoms with Crippen molar-refractivity contribution in [2.75, 3.05) is 18.5 Å². The minimum absolute atomic E-state index is 0.117. The van der Waals surface area contributed by atoms with Crippen LogP contribution in [0, 0.1) is 10.1 Å². The summed E-state index contributed by atoms with van der Waals surface area (Å²) in [6.45, 7) is 1.39. The Morgan fingerprint density at radius 3 is 2.30 bits per heavy atom. The topological polar surface area (TPSA) is 73.6 Å². The van der Waals surface area contributed by atoms with Gasteiger partial charge in [0.25, 0.3) is 5.69 Å². The van der Waals surface area contributed by atoms with Crippen molar-refractivity contribution < 1.29 is 14.4 Å². The van der Waals surface area contributed by atoms with Gasteiger partial charge in [-0.1, -0.05) is 0 Å². The van der Waals surface area contributed by atoms with Gasteiger partial charge in [-0.2, -0.15) is 0 Å². The molecule has 0 radical (unpaired) electrons. The number of anilines is 1. The largest absolute Gasteiger partial charge is 0.382 e. The first kappa shape index (κ1) is 13.3. The molecule has 1 saturated carbocycles. The van der Waals surface area contributed by atoms with E-state index < -0.39 is 0 Å². The number of benzene rings is 1. The molecule has 0 aromatic heterocycles. The predicted molar refractivity (Wildman–Crippen MR) is 73.6 cm³/mol. The highest BCUT2D eigenvalue weighted by Crippen LogP contribution is 2.36. The molecule has 2 fully saturated rings. The number of hydrogen-bond donors (Lipinski definition) is 1. The average molecular weight is 278 g/mol. The molecule has 0 amide bonds. The molecule has 1 saturated heterocycles. The highest BCUT2D eigenvalue weighted by atomic mass is 16.7. The van der Waals surface area contributed by atoms with Crippen LogP contribution in [0.3, 0.4) is 0 Å². The Labute approximate surface area is 117 Å². The Morgan fingerprint density at radius 1 is 1.15 bits per heavy atom. The van der Waals surface area contributed by atoms with Crippen LogP contribution in [0.1, 0.15) is 25.7 Å². The first-order valence-corrected chi connectivity index (χ1v) is 6.96. The first-order chi connectivity index (χ1) is 9.67. The predicted octanol–water partition coefficient (Wildman–Crippen LogP) is 2.69. The summed E-state index contributed by atoms with van der Waals surface area (Å²) in [6.07, 6.45) is 3.77. The number of rotatable bonds is 3. The van der Waals surface area contributed by atoms with E-state index in [1.54, 1.807) is 12.1 Å². The molecule has 1 spiro atoms. The summed E-state index contributed by atoms with van der Waals surface area (Å²) in [5, 5.41) is 14.0. The third-order valence-corrected chi connectivity index (χ3v) is 4.01. The molecule has 1 heterocycles. The molecule has 1 aliphatic heterocycles. The number of nitro benzene ring substituents is 1. The van der Waals surface area contributed by atoms with E-state index in [0.717, 1.165) is 31.4 Å². The van der Waals surface area contributed by atoms with Crippen molar-refractivity contribution in [3.63, 3.8) is 0 Å². The normalized spacial score (nSPS) is 22.0. The minimum Gasteiger partial charge on any atom is -0.382 e. The Kier molecular flexibility index (Phi) is 3.58. The SMILES string of the molecule is O=[N+]([O-])c1ccc(NC2CCC3(CC2)OCCO3)cc1. The van der Waals surface area contributed by atoms with Crippen LogP contribution in [0.15, 0.2) is 24.3 Å². The summed E-state index contributed by atoms with van der Waals surface area (Å²) in [5.41, 5.74) is 1.04. The van der Waals surface area contributed by atoms with Crippen LogP contribution in [-0.2, 0) is 9.47 Å². The Bertz CT molecular complexity index is 472. The number of nitrogens with zero attached hydrogens (tertiary/aromatic N) is 1. The maximum absolute atomic E-state index is 10.6. The summed E-state index contributed by atoms with van der Waals surface area (Å²) >= 11 is 0. The van der Waals surface area contributed by atoms with E-state index in [4.69, 9.17) is 9.47 Å². The fourth-order valence-electron chi connectivity index (χ4n) is 2.90. The first-order valence-electron chi connectivity index (χ1n) is 6.96. The molecule has 6 heteroatoms. The minimum atomic E-state index is -0.386. The Balaban J connectivity index is 1.55. The second-order valence-electron chi connectivity index (χ2n) is 5.33. The quantitative estimate of drug-likeness (QED) is 0.679. The molecule has 1 aliphatic carbocycles. The van der Waals surface area contributed by atoms with E-state index in [9.17, 15) is 10.1 Å². The van der Waals surface area contributed by atoms with Crippen molar-refractivity contribution in [1.82, 2.24) is 0 Å². The van der Waals surface area contributed by atoms with Crippen molar-refractivity contribution >= 4 is 11.4 Å². The molecular formula is C14H18N2O4. The zero-order valence-electron chi connectivity index (χ0n) is 11.2. The second-order valence-corrected chi connectivity index (χ2v) is 5.33. The lowest BCUT2D eigenvalue weighted by Crippen LogP contribution is -2.39. The van der Waals surface area contributed by atoms with Crippen LogP contribution in [-0.4, -0.2) is 30.0 Å². The van der Waals surface area contributed by atoms with Crippen molar-refractivity contribution in [2.45, 2.75) is 37.5 Å². The van der Waals surface area contributed by atoms with Crippen molar-refractivity contribution in [3.05, 3.63) is 34.4 Å². The molecule has 1 aromatic rings. The van der Waals surface area contributed by atoms with Crippen LogP contribution in [0.5, 0.6) is 0 Å². The van der Waals surface area contributed by atoms with Crippen molar-refractivity contribution in [2.24, 2.45) is 0 Å². The van der Waals surface area contributed by atoms with Crippen molar-refractivity contribution in [1.29, 1.82) is 0 Å². The van der Waals surface area contributed by atoms with Gasteiger partial charge in [0.05, 0.1) is 18.1 Å². The average Bonchev–Trinajstić information content (AvgIpc) is 2.91. The summed E-state index contributed by atoms with van der Waals surface area (Å²) in [7, 11) is 0. The molecule has 1 aromatic carbocycles. The van der Waals surface area contributed by atoms with E-state index in [1.165, 1.54) is 12.1 Å². The number of nitrogens with one attached hydrogen (secondary N) is 1. The zero-order valence-corrected chi connectivity index (χ0v) is 11.2. The zero-order chi connectivity index (χ0) is 14.0. The third-order valence-electron chi connectivity index (χ3n) is 4.01. The molecule has 0 unspecified atom stereocenters. The fraction of sp³-hybridized carbons (Fsp3) is 0.571. The van der Waals surface area contributed by atoms with Crippen LogP contribution in [0.4, 0.5) is 11.4 Å². The lowest BCUT2D eigenvalue weighted by Gasteiger charge is -2.35. The van der Waals surface area contributed by atoms with Gasteiger partial charge >= 0.3 is 0 Å². The van der Waals surface area contributed by atoms with Gasteiger partial charge in [-0.3, -0.25) is 10.1 Å². The van der Waals surface area contributed by atoms with Gasteiger partial charge < -0.3 is 14.8 Å². The molecule has 6 nitrogen and oxygen atoms in total. The molecule has 108 valence electrons. The number of non-ortho nitro benzene ring substituents is 1. The molecule has 1 N–H and O–H groups in total. The van der Waals surface area contributed by atoms with Gasteiger partial charge in [-0.15, -0.1) is 0 Å². The summed E-state index contributed by atoms with van der Waals surface area (Å²) in [4.78, 5) is 10.2. The van der Waals surface area contributed by atoms with Crippen LogP contribution >= 0.6 is 0 Å². The monoisotopic (exact) mass is 278 g/mol. The Morgan fingerprint density at radius 2 is 1.75 bits per heavy atom. The number of hydrogen-bond acceptors (Lipinski definition) is 5. The molecule has 20 heavy (non-hydrogen) atoms. The molecule has 0 bridgehead atoms. The van der Waals surface area contributed by atoms with E-state index in [0.29, 0.717) is 19.3 Å². The summed E-state index contributed by atoms with van der Waals surface area (Å²) < 4.78 is 11.4. The number of ether oxygens (including phenoxy) is 2. The van der Waals surface area contributed by atoms with Crippen molar-refractivity contribution in [3.8, 4) is 0 Å². The van der Waals surface area contributed by atoms with E-state index in [1.807, 2.05) is 0 Å². The third kappa shape index (κ3) is 2.76. The standard InChI is InChI=1S/C14H18N2O4/c17-16(18)13-3-1-11(2-4-13)15-12-5-7-14(8-6-12)19-9-10-20-14/h1-4,12,15H,5-10H2. The van der Waals surface area contributed by atoms with Crippen LogP contribution in [0.25, 0.3) is 0 Å². The summed E-state index contributed by atoms with van der Waals surface area (Å²) in [5.74, 6) is -0.340. The lowest BCUT2D eigenvalue weighted by atomic mass is 9.90. The van der Waals surface area contributed by atoms with E-state index in [2.05, 4.69) is 5.32 Å². The van der Waals surface area contributed by atoms with Crippen LogP contribution < -0.4 is 5.32 Å². The number of nitro groups is 1. The Hall–Kier alpha value is -1.66. The van der Waals surface area contributed by atoms with Gasteiger partial charge in [-0.25, -0.2) is 0 Å². The second kappa shape index (κ2) is 5.38. The van der Waals surface area contributed by atoms with Gasteiger partial charge in [0, 0.05) is 36.7 Å². The van der Waals surface area contributed by atoms with E-state index in [-0.39, 0.29) is 16.4 Å². The van der Waals surface area contributed by atoms with Gasteiger partial charge in [0.1, 0.15) is 0 Å².